The molecule has 1 aromatic carbocycles. The Bertz CT molecular complexity index is 463. The Hall–Kier alpha value is -1.92. The van der Waals surface area contributed by atoms with Crippen LogP contribution < -0.4 is 10.1 Å². The van der Waals surface area contributed by atoms with Crippen molar-refractivity contribution < 1.29 is 27.4 Å². The number of benzene rings is 1. The van der Waals surface area contributed by atoms with Gasteiger partial charge >= 0.3 is 12.5 Å². The summed E-state index contributed by atoms with van der Waals surface area (Å²) in [7, 11) is 0. The first-order valence-electron chi connectivity index (χ1n) is 6.47. The summed E-state index contributed by atoms with van der Waals surface area (Å²) >= 11 is 0. The third kappa shape index (κ3) is 6.87. The molecule has 1 aromatic rings. The van der Waals surface area contributed by atoms with E-state index in [0.29, 0.717) is 6.42 Å². The lowest BCUT2D eigenvalue weighted by atomic mass is 10.2. The molecule has 21 heavy (non-hydrogen) atoms. The molecule has 1 amide bonds. The van der Waals surface area contributed by atoms with E-state index < -0.39 is 24.3 Å². The van der Waals surface area contributed by atoms with Crippen molar-refractivity contribution in [3.8, 4) is 5.75 Å². The summed E-state index contributed by atoms with van der Waals surface area (Å²) in [6, 6.07) is 5.22. The molecule has 0 aliphatic heterocycles. The molecule has 7 heteroatoms. The molecule has 0 saturated carbocycles. The van der Waals surface area contributed by atoms with Crippen LogP contribution in [-0.2, 0) is 4.74 Å². The predicted octanol–water partition coefficient (Wildman–Crippen LogP) is 4.53. The number of hydrogen-bond acceptors (Lipinski definition) is 3. The van der Waals surface area contributed by atoms with E-state index in [4.69, 9.17) is 4.74 Å². The highest BCUT2D eigenvalue weighted by molar-refractivity contribution is 5.86. The van der Waals surface area contributed by atoms with Crippen LogP contribution in [0.3, 0.4) is 0 Å². The number of hydrogen-bond donors (Lipinski definition) is 1. The van der Waals surface area contributed by atoms with Gasteiger partial charge in [0, 0.05) is 0 Å². The van der Waals surface area contributed by atoms with E-state index in [1.807, 2.05) is 6.92 Å². The lowest BCUT2D eigenvalue weighted by Gasteiger charge is -2.16. The van der Waals surface area contributed by atoms with Gasteiger partial charge in [-0.05, 0) is 25.5 Å². The van der Waals surface area contributed by atoms with Crippen LogP contribution in [-0.4, -0.2) is 18.6 Å². The minimum Gasteiger partial charge on any atom is -0.446 e. The number of unbranched alkanes of at least 4 members (excludes halogenated alkanes) is 1. The lowest BCUT2D eigenvalue weighted by molar-refractivity contribution is -0.274. The van der Waals surface area contributed by atoms with Crippen molar-refractivity contribution in [3.63, 3.8) is 0 Å². The molecule has 0 fully saturated rings. The van der Waals surface area contributed by atoms with Crippen molar-refractivity contribution in [1.29, 1.82) is 0 Å². The third-order valence-electron chi connectivity index (χ3n) is 2.50. The Morgan fingerprint density at radius 2 is 2.05 bits per heavy atom. The van der Waals surface area contributed by atoms with Gasteiger partial charge in [-0.25, -0.2) is 4.79 Å². The second kappa shape index (κ2) is 7.75. The van der Waals surface area contributed by atoms with E-state index in [0.717, 1.165) is 18.9 Å². The summed E-state index contributed by atoms with van der Waals surface area (Å²) in [6.07, 6.45) is -3.90. The zero-order valence-corrected chi connectivity index (χ0v) is 11.6. The van der Waals surface area contributed by atoms with Crippen molar-refractivity contribution in [1.82, 2.24) is 0 Å². The smallest absolute Gasteiger partial charge is 0.446 e. The van der Waals surface area contributed by atoms with Gasteiger partial charge in [0.2, 0.25) is 0 Å². The minimum atomic E-state index is -4.84. The van der Waals surface area contributed by atoms with Crippen LogP contribution in [0.2, 0.25) is 0 Å². The number of anilines is 1. The van der Waals surface area contributed by atoms with Crippen molar-refractivity contribution in [3.05, 3.63) is 31.2 Å². The molecular formula is C14H17F3NO3. The Morgan fingerprint density at radius 1 is 1.38 bits per heavy atom. The number of halogens is 3. The number of rotatable bonds is 6. The van der Waals surface area contributed by atoms with Crippen LogP contribution in [0.5, 0.6) is 5.75 Å². The van der Waals surface area contributed by atoms with Crippen LogP contribution >= 0.6 is 0 Å². The number of para-hydroxylation sites is 2. The van der Waals surface area contributed by atoms with Gasteiger partial charge < -0.3 is 9.47 Å². The van der Waals surface area contributed by atoms with E-state index in [-0.39, 0.29) is 5.69 Å². The number of nitrogens with one attached hydrogen (secondary N) is 1. The van der Waals surface area contributed by atoms with Crippen LogP contribution in [0.1, 0.15) is 26.2 Å². The summed E-state index contributed by atoms with van der Waals surface area (Å²) in [6.45, 7) is 5.63. The van der Waals surface area contributed by atoms with E-state index in [1.54, 1.807) is 0 Å². The fraction of sp³-hybridized carbons (Fsp3) is 0.429. The van der Waals surface area contributed by atoms with Gasteiger partial charge in [-0.3, -0.25) is 5.32 Å². The highest BCUT2D eigenvalue weighted by Crippen LogP contribution is 2.30. The number of carbonyl (C=O) groups excluding carboxylic acids is 1. The topological polar surface area (TPSA) is 47.6 Å². The molecular weight excluding hydrogens is 287 g/mol. The van der Waals surface area contributed by atoms with Crippen LogP contribution in [0.25, 0.3) is 0 Å². The zero-order chi connectivity index (χ0) is 15.9. The molecule has 0 aliphatic rings. The number of amides is 1. The standard InChI is InChI=1S/C14H17F3NO3/c1-3-4-7-10(2)20-13(19)18-11-8-5-6-9-12(11)21-14(15,16)17/h5-6,8-10H,2-4,7H2,1H3,(H,18,19). The second-order valence-corrected chi connectivity index (χ2v) is 4.34. The van der Waals surface area contributed by atoms with Gasteiger partial charge in [0.1, 0.15) is 6.10 Å². The maximum Gasteiger partial charge on any atom is 0.573 e. The van der Waals surface area contributed by atoms with Gasteiger partial charge in [-0.1, -0.05) is 31.9 Å². The Morgan fingerprint density at radius 3 is 2.67 bits per heavy atom. The molecule has 0 bridgehead atoms. The Kier molecular flexibility index (Phi) is 6.33. The summed E-state index contributed by atoms with van der Waals surface area (Å²) in [5, 5.41) is 2.21. The molecule has 1 radical (unpaired) electrons. The van der Waals surface area contributed by atoms with E-state index >= 15 is 0 Å². The fourth-order valence-corrected chi connectivity index (χ4v) is 1.57. The third-order valence-corrected chi connectivity index (χ3v) is 2.50. The average Bonchev–Trinajstić information content (AvgIpc) is 2.37. The van der Waals surface area contributed by atoms with Gasteiger partial charge in [0.25, 0.3) is 0 Å². The van der Waals surface area contributed by atoms with Gasteiger partial charge in [-0.15, -0.1) is 13.2 Å². The van der Waals surface area contributed by atoms with E-state index in [9.17, 15) is 18.0 Å². The highest BCUT2D eigenvalue weighted by Gasteiger charge is 2.32. The van der Waals surface area contributed by atoms with E-state index in [2.05, 4.69) is 17.0 Å². The fourth-order valence-electron chi connectivity index (χ4n) is 1.57. The van der Waals surface area contributed by atoms with Crippen LogP contribution in [0, 0.1) is 6.92 Å². The van der Waals surface area contributed by atoms with Gasteiger partial charge in [0.15, 0.2) is 5.75 Å². The first-order chi connectivity index (χ1) is 9.81. The van der Waals surface area contributed by atoms with E-state index in [1.165, 1.54) is 18.2 Å². The molecule has 1 N–H and O–H groups in total. The minimum absolute atomic E-state index is 0.123. The largest absolute Gasteiger partial charge is 0.573 e. The number of alkyl halides is 3. The normalized spacial score (nSPS) is 12.6. The second-order valence-electron chi connectivity index (χ2n) is 4.34. The Balaban J connectivity index is 2.63. The van der Waals surface area contributed by atoms with Crippen molar-refractivity contribution in [2.75, 3.05) is 5.32 Å². The summed E-state index contributed by atoms with van der Waals surface area (Å²) < 4.78 is 45.5. The summed E-state index contributed by atoms with van der Waals surface area (Å²) in [5.41, 5.74) is -0.123. The van der Waals surface area contributed by atoms with Gasteiger partial charge in [0.05, 0.1) is 5.69 Å². The SMILES string of the molecule is [CH2]C(CCCC)OC(=O)Nc1ccccc1OC(F)(F)F. The van der Waals surface area contributed by atoms with Crippen molar-refractivity contribution in [2.45, 2.75) is 38.7 Å². The predicted molar refractivity (Wildman–Crippen MR) is 71.9 cm³/mol. The summed E-state index contributed by atoms with van der Waals surface area (Å²) in [4.78, 5) is 11.6. The molecule has 117 valence electrons. The Labute approximate surface area is 121 Å². The molecule has 0 heterocycles. The summed E-state index contributed by atoms with van der Waals surface area (Å²) in [5.74, 6) is -0.504. The lowest BCUT2D eigenvalue weighted by Crippen LogP contribution is -2.22. The average molecular weight is 304 g/mol. The molecule has 0 aromatic heterocycles. The monoisotopic (exact) mass is 304 g/mol. The molecule has 0 spiro atoms. The molecule has 4 nitrogen and oxygen atoms in total. The number of ether oxygens (including phenoxy) is 2. The molecule has 0 aliphatic carbocycles. The first kappa shape index (κ1) is 17.1. The molecule has 1 rings (SSSR count). The molecule has 1 atom stereocenters. The van der Waals surface area contributed by atoms with Crippen LogP contribution in [0.15, 0.2) is 24.3 Å². The maximum absolute atomic E-state index is 12.2. The quantitative estimate of drug-likeness (QED) is 0.840. The molecule has 1 unspecified atom stereocenters. The first-order valence-corrected chi connectivity index (χ1v) is 6.47. The zero-order valence-electron chi connectivity index (χ0n) is 11.6. The highest BCUT2D eigenvalue weighted by atomic mass is 19.4. The number of carbonyl (C=O) groups is 1. The van der Waals surface area contributed by atoms with Crippen molar-refractivity contribution >= 4 is 11.8 Å². The van der Waals surface area contributed by atoms with Gasteiger partial charge in [-0.2, -0.15) is 0 Å². The maximum atomic E-state index is 12.2. The van der Waals surface area contributed by atoms with Crippen LogP contribution in [0.4, 0.5) is 23.7 Å². The van der Waals surface area contributed by atoms with Crippen molar-refractivity contribution in [2.24, 2.45) is 0 Å². The molecule has 0 saturated heterocycles.